The van der Waals surface area contributed by atoms with E-state index in [9.17, 15) is 19.2 Å². The van der Waals surface area contributed by atoms with Gasteiger partial charge in [0.05, 0.1) is 0 Å². The molecule has 0 aromatic carbocycles. The quantitative estimate of drug-likeness (QED) is 0.724. The molecule has 0 spiro atoms. The lowest BCUT2D eigenvalue weighted by Gasteiger charge is -1.82. The van der Waals surface area contributed by atoms with Gasteiger partial charge in [0.1, 0.15) is 11.6 Å². The molecule has 0 saturated carbocycles. The van der Waals surface area contributed by atoms with Gasteiger partial charge in [0.2, 0.25) is 11.8 Å². The van der Waals surface area contributed by atoms with Crippen LogP contribution >= 0.6 is 0 Å². The minimum atomic E-state index is -0.481. The molecule has 0 radical (unpaired) electrons. The standard InChI is InChI=1S/C4H7NO.C3H5NO.2C3H6O/c1-3-4(6)5-2;1-2-3(4)5;2*1-3(2)4/h3H,1H2,2H3,(H,5,6);2H,1H2,(H2,4,5);2*1-2H3. The molecule has 0 unspecified atom stereocenters. The van der Waals surface area contributed by atoms with Crippen molar-refractivity contribution in [3.8, 4) is 0 Å². The van der Waals surface area contributed by atoms with Crippen LogP contribution < -0.4 is 11.1 Å². The van der Waals surface area contributed by atoms with Crippen molar-refractivity contribution in [1.29, 1.82) is 0 Å². The van der Waals surface area contributed by atoms with Gasteiger partial charge in [0.15, 0.2) is 0 Å². The summed E-state index contributed by atoms with van der Waals surface area (Å²) >= 11 is 0. The lowest BCUT2D eigenvalue weighted by molar-refractivity contribution is -0.116. The summed E-state index contributed by atoms with van der Waals surface area (Å²) in [5, 5.41) is 2.36. The zero-order chi connectivity index (χ0) is 16.4. The predicted molar refractivity (Wildman–Crippen MR) is 76.4 cm³/mol. The maximum Gasteiger partial charge on any atom is 0.243 e. The summed E-state index contributed by atoms with van der Waals surface area (Å²) in [5.74, 6) is -0.292. The number of hydrogen-bond acceptors (Lipinski definition) is 4. The Morgan fingerprint density at radius 1 is 0.895 bits per heavy atom. The van der Waals surface area contributed by atoms with Gasteiger partial charge in [-0.25, -0.2) is 0 Å². The van der Waals surface area contributed by atoms with Crippen LogP contribution in [0.3, 0.4) is 0 Å². The molecule has 0 aliphatic heterocycles. The molecule has 0 fully saturated rings. The van der Waals surface area contributed by atoms with Gasteiger partial charge >= 0.3 is 0 Å². The average molecular weight is 272 g/mol. The number of carbonyl (C=O) groups is 4. The molecule has 6 heteroatoms. The lowest BCUT2D eigenvalue weighted by Crippen LogP contribution is -2.13. The fourth-order valence-corrected chi connectivity index (χ4v) is 0.102. The molecule has 3 N–H and O–H groups in total. The first-order valence-electron chi connectivity index (χ1n) is 5.25. The van der Waals surface area contributed by atoms with E-state index in [1.165, 1.54) is 33.8 Å². The number of primary amides is 1. The third kappa shape index (κ3) is 211. The number of Topliss-reactive ketones (excluding diaryl/α,β-unsaturated/α-hetero) is 2. The first-order chi connectivity index (χ1) is 8.54. The van der Waals surface area contributed by atoms with E-state index in [1.54, 1.807) is 7.05 Å². The van der Waals surface area contributed by atoms with E-state index in [4.69, 9.17) is 0 Å². The summed E-state index contributed by atoms with van der Waals surface area (Å²) < 4.78 is 0. The van der Waals surface area contributed by atoms with Crippen LogP contribution in [-0.4, -0.2) is 30.4 Å². The van der Waals surface area contributed by atoms with Gasteiger partial charge in [0.25, 0.3) is 0 Å². The molecule has 0 atom stereocenters. The molecule has 0 saturated heterocycles. The number of nitrogens with two attached hydrogens (primary N) is 1. The molecule has 0 aromatic heterocycles. The maximum atomic E-state index is 9.95. The van der Waals surface area contributed by atoms with Gasteiger partial charge in [-0.05, 0) is 39.8 Å². The van der Waals surface area contributed by atoms with Crippen LogP contribution in [0, 0.1) is 0 Å². The van der Waals surface area contributed by atoms with E-state index in [2.05, 4.69) is 24.2 Å². The molecule has 110 valence electrons. The Labute approximate surface area is 114 Å². The van der Waals surface area contributed by atoms with Crippen LogP contribution in [0.4, 0.5) is 0 Å². The van der Waals surface area contributed by atoms with Gasteiger partial charge in [-0.3, -0.25) is 9.59 Å². The Kier molecular flexibility index (Phi) is 28.4. The molecule has 0 bridgehead atoms. The first-order valence-corrected chi connectivity index (χ1v) is 5.25. The molecular formula is C13H24N2O4. The highest BCUT2D eigenvalue weighted by molar-refractivity contribution is 5.86. The zero-order valence-corrected chi connectivity index (χ0v) is 12.3. The van der Waals surface area contributed by atoms with Crippen molar-refractivity contribution in [1.82, 2.24) is 5.32 Å². The van der Waals surface area contributed by atoms with Crippen molar-refractivity contribution in [2.45, 2.75) is 27.7 Å². The Hall–Kier alpha value is -2.24. The largest absolute Gasteiger partial charge is 0.366 e. The Morgan fingerprint density at radius 2 is 1.11 bits per heavy atom. The summed E-state index contributed by atoms with van der Waals surface area (Å²) in [5.41, 5.74) is 4.53. The Morgan fingerprint density at radius 3 is 1.11 bits per heavy atom. The number of carbonyl (C=O) groups excluding carboxylic acids is 4. The van der Waals surface area contributed by atoms with Gasteiger partial charge in [-0.15, -0.1) is 0 Å². The minimum Gasteiger partial charge on any atom is -0.366 e. The van der Waals surface area contributed by atoms with Crippen LogP contribution in [-0.2, 0) is 19.2 Å². The highest BCUT2D eigenvalue weighted by Gasteiger charge is 1.78. The molecule has 0 aliphatic rings. The number of amides is 2. The summed E-state index contributed by atoms with van der Waals surface area (Å²) in [7, 11) is 1.56. The van der Waals surface area contributed by atoms with Crippen molar-refractivity contribution in [3.63, 3.8) is 0 Å². The molecule has 0 aromatic rings. The molecule has 6 nitrogen and oxygen atoms in total. The van der Waals surface area contributed by atoms with Crippen molar-refractivity contribution in [3.05, 3.63) is 25.3 Å². The van der Waals surface area contributed by atoms with Gasteiger partial charge in [-0.2, -0.15) is 0 Å². The number of nitrogens with one attached hydrogen (secondary N) is 1. The number of rotatable bonds is 2. The van der Waals surface area contributed by atoms with Gasteiger partial charge in [-0.1, -0.05) is 13.2 Å². The van der Waals surface area contributed by atoms with E-state index in [-0.39, 0.29) is 17.5 Å². The number of ketones is 2. The van der Waals surface area contributed by atoms with Crippen molar-refractivity contribution in [2.75, 3.05) is 7.05 Å². The molecule has 0 rings (SSSR count). The van der Waals surface area contributed by atoms with E-state index < -0.39 is 5.91 Å². The summed E-state index contributed by atoms with van der Waals surface area (Å²) in [4.78, 5) is 38.3. The molecule has 0 aliphatic carbocycles. The van der Waals surface area contributed by atoms with Crippen LogP contribution in [0.15, 0.2) is 25.3 Å². The van der Waals surface area contributed by atoms with Crippen molar-refractivity contribution >= 4 is 23.4 Å². The number of likely N-dealkylation sites (N-methyl/N-ethyl adjacent to an activating group) is 1. The zero-order valence-electron chi connectivity index (χ0n) is 12.3. The van der Waals surface area contributed by atoms with Crippen LogP contribution in [0.25, 0.3) is 0 Å². The fourth-order valence-electron chi connectivity index (χ4n) is 0.102. The lowest BCUT2D eigenvalue weighted by atomic mass is 10.6. The molecular weight excluding hydrogens is 248 g/mol. The average Bonchev–Trinajstić information content (AvgIpc) is 2.27. The SMILES string of the molecule is C=CC(=O)NC.C=CC(N)=O.CC(C)=O.CC(C)=O. The van der Waals surface area contributed by atoms with Crippen molar-refractivity contribution < 1.29 is 19.2 Å². The molecule has 0 heterocycles. The second-order valence-electron chi connectivity index (χ2n) is 3.24. The second-order valence-corrected chi connectivity index (χ2v) is 3.24. The van der Waals surface area contributed by atoms with Gasteiger partial charge < -0.3 is 20.6 Å². The Bertz CT molecular complexity index is 290. The summed E-state index contributed by atoms with van der Waals surface area (Å²) in [6.45, 7) is 12.4. The maximum absolute atomic E-state index is 9.95. The Balaban J connectivity index is -0.0000000803. The highest BCUT2D eigenvalue weighted by Crippen LogP contribution is 1.56. The van der Waals surface area contributed by atoms with E-state index in [1.807, 2.05) is 0 Å². The summed E-state index contributed by atoms with van der Waals surface area (Å²) in [6.07, 6.45) is 2.28. The monoisotopic (exact) mass is 272 g/mol. The predicted octanol–water partition coefficient (Wildman–Crippen LogP) is 0.767. The third-order valence-electron chi connectivity index (χ3n) is 0.633. The normalized spacial score (nSPS) is 6.58. The summed E-state index contributed by atoms with van der Waals surface area (Å²) in [6, 6.07) is 0. The second kappa shape index (κ2) is 21.1. The minimum absolute atomic E-state index is 0.144. The van der Waals surface area contributed by atoms with Crippen LogP contribution in [0.5, 0.6) is 0 Å². The first kappa shape index (κ1) is 25.6. The fraction of sp³-hybridized carbons (Fsp3) is 0.385. The number of hydrogen-bond donors (Lipinski definition) is 2. The van der Waals surface area contributed by atoms with E-state index >= 15 is 0 Å². The van der Waals surface area contributed by atoms with Crippen LogP contribution in [0.2, 0.25) is 0 Å². The molecule has 2 amide bonds. The van der Waals surface area contributed by atoms with Crippen LogP contribution in [0.1, 0.15) is 27.7 Å². The molecule has 19 heavy (non-hydrogen) atoms. The van der Waals surface area contributed by atoms with E-state index in [0.29, 0.717) is 0 Å². The smallest absolute Gasteiger partial charge is 0.243 e. The van der Waals surface area contributed by atoms with Crippen molar-refractivity contribution in [2.24, 2.45) is 5.73 Å². The third-order valence-corrected chi connectivity index (χ3v) is 0.633. The topological polar surface area (TPSA) is 106 Å². The van der Waals surface area contributed by atoms with Gasteiger partial charge in [0, 0.05) is 7.05 Å². The van der Waals surface area contributed by atoms with E-state index in [0.717, 1.165) is 6.08 Å². The highest BCUT2D eigenvalue weighted by atomic mass is 16.2.